The molecule has 98 valence electrons. The Morgan fingerprint density at radius 2 is 2.18 bits per heavy atom. The summed E-state index contributed by atoms with van der Waals surface area (Å²) in [4.78, 5) is 1.06. The lowest BCUT2D eigenvalue weighted by Crippen LogP contribution is -2.35. The van der Waals surface area contributed by atoms with Crippen LogP contribution < -0.4 is 10.0 Å². The maximum absolute atomic E-state index is 12.0. The van der Waals surface area contributed by atoms with Gasteiger partial charge in [0.2, 0.25) is 10.0 Å². The third kappa shape index (κ3) is 3.42. The zero-order valence-corrected chi connectivity index (χ0v) is 12.3. The fourth-order valence-corrected chi connectivity index (χ4v) is 4.51. The van der Waals surface area contributed by atoms with Crippen molar-refractivity contribution in [3.63, 3.8) is 0 Å². The van der Waals surface area contributed by atoms with Gasteiger partial charge in [-0.15, -0.1) is 23.7 Å². The summed E-state index contributed by atoms with van der Waals surface area (Å²) in [6.07, 6.45) is 0.864. The third-order valence-electron chi connectivity index (χ3n) is 2.79. The molecule has 1 aromatic heterocycles. The van der Waals surface area contributed by atoms with Gasteiger partial charge >= 0.3 is 0 Å². The molecule has 1 unspecified atom stereocenters. The fourth-order valence-electron chi connectivity index (χ4n) is 1.70. The van der Waals surface area contributed by atoms with Crippen molar-refractivity contribution in [1.82, 2.24) is 10.0 Å². The number of halogens is 1. The highest BCUT2D eigenvalue weighted by atomic mass is 35.5. The second-order valence-corrected chi connectivity index (χ2v) is 7.31. The Morgan fingerprint density at radius 1 is 1.47 bits per heavy atom. The van der Waals surface area contributed by atoms with Crippen molar-refractivity contribution in [1.29, 1.82) is 0 Å². The van der Waals surface area contributed by atoms with Crippen LogP contribution in [-0.4, -0.2) is 27.5 Å². The van der Waals surface area contributed by atoms with E-state index in [9.17, 15) is 8.42 Å². The van der Waals surface area contributed by atoms with E-state index in [1.807, 2.05) is 13.8 Å². The van der Waals surface area contributed by atoms with E-state index in [1.54, 1.807) is 6.07 Å². The third-order valence-corrected chi connectivity index (χ3v) is 5.94. The highest BCUT2D eigenvalue weighted by Gasteiger charge is 2.24. The number of rotatable bonds is 3. The van der Waals surface area contributed by atoms with Gasteiger partial charge in [-0.05, 0) is 38.4 Å². The molecule has 2 N–H and O–H groups in total. The van der Waals surface area contributed by atoms with Gasteiger partial charge in [0.1, 0.15) is 4.21 Å². The summed E-state index contributed by atoms with van der Waals surface area (Å²) in [6, 6.07) is 1.78. The fraction of sp³-hybridized carbons (Fsp3) is 0.600. The average molecular weight is 297 g/mol. The van der Waals surface area contributed by atoms with Crippen molar-refractivity contribution in [2.45, 2.75) is 30.5 Å². The van der Waals surface area contributed by atoms with E-state index < -0.39 is 10.0 Å². The molecular formula is C10H17ClN2O2S2. The van der Waals surface area contributed by atoms with Crippen molar-refractivity contribution in [2.24, 2.45) is 0 Å². The molecule has 1 saturated heterocycles. The van der Waals surface area contributed by atoms with E-state index >= 15 is 0 Å². The van der Waals surface area contributed by atoms with Crippen molar-refractivity contribution < 1.29 is 8.42 Å². The summed E-state index contributed by atoms with van der Waals surface area (Å²) in [6.45, 7) is 5.48. The van der Waals surface area contributed by atoms with Gasteiger partial charge in [0, 0.05) is 17.5 Å². The summed E-state index contributed by atoms with van der Waals surface area (Å²) >= 11 is 1.33. The smallest absolute Gasteiger partial charge is 0.250 e. The van der Waals surface area contributed by atoms with E-state index in [0.29, 0.717) is 4.21 Å². The van der Waals surface area contributed by atoms with E-state index in [4.69, 9.17) is 0 Å². The molecule has 1 fully saturated rings. The zero-order chi connectivity index (χ0) is 11.8. The minimum atomic E-state index is -3.32. The average Bonchev–Trinajstić information content (AvgIpc) is 2.78. The van der Waals surface area contributed by atoms with Crippen molar-refractivity contribution in [3.8, 4) is 0 Å². The molecule has 1 atom stereocenters. The molecule has 7 heteroatoms. The number of aryl methyl sites for hydroxylation is 2. The maximum atomic E-state index is 12.0. The minimum Gasteiger partial charge on any atom is -0.315 e. The first-order valence-electron chi connectivity index (χ1n) is 5.29. The molecule has 2 rings (SSSR count). The first-order valence-corrected chi connectivity index (χ1v) is 7.59. The lowest BCUT2D eigenvalue weighted by molar-refractivity contribution is 0.562. The summed E-state index contributed by atoms with van der Waals surface area (Å²) in [5, 5.41) is 3.14. The second-order valence-electron chi connectivity index (χ2n) is 4.12. The van der Waals surface area contributed by atoms with Gasteiger partial charge in [-0.2, -0.15) is 0 Å². The van der Waals surface area contributed by atoms with Crippen LogP contribution >= 0.6 is 23.7 Å². The summed E-state index contributed by atoms with van der Waals surface area (Å²) in [5.74, 6) is 0. The quantitative estimate of drug-likeness (QED) is 0.887. The predicted molar refractivity (Wildman–Crippen MR) is 72.6 cm³/mol. The van der Waals surface area contributed by atoms with Gasteiger partial charge in [0.05, 0.1) is 0 Å². The number of thiophene rings is 1. The lowest BCUT2D eigenvalue weighted by atomic mass is 10.3. The molecule has 0 radical (unpaired) electrons. The van der Waals surface area contributed by atoms with Crippen LogP contribution in [0.25, 0.3) is 0 Å². The predicted octanol–water partition coefficient (Wildman–Crippen LogP) is 1.43. The van der Waals surface area contributed by atoms with E-state index in [0.717, 1.165) is 30.0 Å². The Balaban J connectivity index is 0.00000144. The standard InChI is InChI=1S/C10H16N2O2S2.ClH/c1-7-5-10(15-8(7)2)16(13,14)12-9-3-4-11-6-9;/h5,9,11-12H,3-4,6H2,1-2H3;1H. The largest absolute Gasteiger partial charge is 0.315 e. The molecule has 0 aromatic carbocycles. The highest BCUT2D eigenvalue weighted by Crippen LogP contribution is 2.25. The van der Waals surface area contributed by atoms with Gasteiger partial charge in [-0.25, -0.2) is 13.1 Å². The zero-order valence-electron chi connectivity index (χ0n) is 9.82. The monoisotopic (exact) mass is 296 g/mol. The van der Waals surface area contributed by atoms with Crippen LogP contribution in [-0.2, 0) is 10.0 Å². The summed E-state index contributed by atoms with van der Waals surface area (Å²) in [5.41, 5.74) is 1.04. The van der Waals surface area contributed by atoms with Gasteiger partial charge in [0.25, 0.3) is 0 Å². The molecule has 2 heterocycles. The van der Waals surface area contributed by atoms with Crippen molar-refractivity contribution >= 4 is 33.8 Å². The molecule has 0 spiro atoms. The number of sulfonamides is 1. The van der Waals surface area contributed by atoms with Crippen LogP contribution in [0, 0.1) is 13.8 Å². The van der Waals surface area contributed by atoms with Crippen LogP contribution in [0.1, 0.15) is 16.9 Å². The summed E-state index contributed by atoms with van der Waals surface area (Å²) in [7, 11) is -3.32. The molecule has 4 nitrogen and oxygen atoms in total. The van der Waals surface area contributed by atoms with Gasteiger partial charge in [-0.3, -0.25) is 0 Å². The van der Waals surface area contributed by atoms with Crippen LogP contribution in [0.3, 0.4) is 0 Å². The van der Waals surface area contributed by atoms with Gasteiger partial charge in [0.15, 0.2) is 0 Å². The Bertz CT molecular complexity index is 459. The Morgan fingerprint density at radius 3 is 2.65 bits per heavy atom. The molecule has 0 aliphatic carbocycles. The topological polar surface area (TPSA) is 58.2 Å². The van der Waals surface area contributed by atoms with Crippen molar-refractivity contribution in [3.05, 3.63) is 16.5 Å². The molecule has 1 aliphatic rings. The van der Waals surface area contributed by atoms with Crippen LogP contribution in [0.5, 0.6) is 0 Å². The molecule has 17 heavy (non-hydrogen) atoms. The maximum Gasteiger partial charge on any atom is 0.250 e. The number of hydrogen-bond donors (Lipinski definition) is 2. The van der Waals surface area contributed by atoms with Crippen molar-refractivity contribution in [2.75, 3.05) is 13.1 Å². The number of nitrogens with one attached hydrogen (secondary N) is 2. The first-order chi connectivity index (χ1) is 7.49. The molecule has 0 saturated carbocycles. The number of hydrogen-bond acceptors (Lipinski definition) is 4. The Labute approximate surface area is 112 Å². The SMILES string of the molecule is Cc1cc(S(=O)(=O)NC2CCNC2)sc1C.Cl. The Kier molecular flexibility index (Phi) is 4.97. The Hall–Kier alpha value is -0.140. The second kappa shape index (κ2) is 5.67. The molecule has 0 amide bonds. The minimum absolute atomic E-state index is 0. The highest BCUT2D eigenvalue weighted by molar-refractivity contribution is 7.91. The molecule has 1 aliphatic heterocycles. The summed E-state index contributed by atoms with van der Waals surface area (Å²) < 4.78 is 27.2. The lowest BCUT2D eigenvalue weighted by Gasteiger charge is -2.10. The molecule has 0 bridgehead atoms. The van der Waals surface area contributed by atoms with Gasteiger partial charge < -0.3 is 5.32 Å². The van der Waals surface area contributed by atoms with Crippen LogP contribution in [0.4, 0.5) is 0 Å². The van der Waals surface area contributed by atoms with E-state index in [-0.39, 0.29) is 18.4 Å². The van der Waals surface area contributed by atoms with E-state index in [1.165, 1.54) is 11.3 Å². The van der Waals surface area contributed by atoms with Crippen LogP contribution in [0.15, 0.2) is 10.3 Å². The van der Waals surface area contributed by atoms with E-state index in [2.05, 4.69) is 10.0 Å². The molecule has 1 aromatic rings. The first kappa shape index (κ1) is 14.9. The normalized spacial score (nSPS) is 20.2. The van der Waals surface area contributed by atoms with Crippen LogP contribution in [0.2, 0.25) is 0 Å². The molecular weight excluding hydrogens is 280 g/mol. The van der Waals surface area contributed by atoms with Gasteiger partial charge in [-0.1, -0.05) is 0 Å².